The molecule has 1 amide bonds. The zero-order chi connectivity index (χ0) is 15.3. The molecule has 0 atom stereocenters. The zero-order valence-corrected chi connectivity index (χ0v) is 12.1. The Kier molecular flexibility index (Phi) is 5.24. The molecule has 8 heteroatoms. The summed E-state index contributed by atoms with van der Waals surface area (Å²) in [5.74, 6) is 0.568. The summed E-state index contributed by atoms with van der Waals surface area (Å²) in [7, 11) is 4.96. The number of aromatic nitrogens is 1. The van der Waals surface area contributed by atoms with Crippen molar-refractivity contribution in [3.05, 3.63) is 22.2 Å². The van der Waals surface area contributed by atoms with E-state index >= 15 is 0 Å². The minimum absolute atomic E-state index is 0.0461. The summed E-state index contributed by atoms with van der Waals surface area (Å²) in [6, 6.07) is 2.92. The number of pyridine rings is 1. The van der Waals surface area contributed by atoms with Gasteiger partial charge in [-0.1, -0.05) is 0 Å². The van der Waals surface area contributed by atoms with Crippen LogP contribution in [0, 0.1) is 10.1 Å². The van der Waals surface area contributed by atoms with Crippen molar-refractivity contribution in [1.82, 2.24) is 9.88 Å². The van der Waals surface area contributed by atoms with Crippen molar-refractivity contribution in [1.29, 1.82) is 0 Å². The molecule has 0 aromatic carbocycles. The molecule has 8 nitrogen and oxygen atoms in total. The Morgan fingerprint density at radius 2 is 2.10 bits per heavy atom. The number of amides is 1. The maximum absolute atomic E-state index is 11.8. The topological polar surface area (TPSA) is 91.6 Å². The molecule has 0 radical (unpaired) electrons. The normalized spacial score (nSPS) is 10.0. The fraction of sp³-hybridized carbons (Fsp3) is 0.500. The molecular weight excluding hydrogens is 262 g/mol. The van der Waals surface area contributed by atoms with Crippen LogP contribution in [0.2, 0.25) is 0 Å². The second-order valence-corrected chi connectivity index (χ2v) is 4.35. The molecule has 1 rings (SSSR count). The molecule has 20 heavy (non-hydrogen) atoms. The highest BCUT2D eigenvalue weighted by molar-refractivity contribution is 5.81. The number of nitrogens with zero attached hydrogens (tertiary/aromatic N) is 4. The van der Waals surface area contributed by atoms with Gasteiger partial charge in [-0.2, -0.15) is 0 Å². The predicted molar refractivity (Wildman–Crippen MR) is 77.0 cm³/mol. The van der Waals surface area contributed by atoms with Crippen molar-refractivity contribution in [2.45, 2.75) is 6.92 Å². The van der Waals surface area contributed by atoms with Crippen LogP contribution >= 0.6 is 0 Å². The molecule has 1 N–H and O–H groups in total. The van der Waals surface area contributed by atoms with Gasteiger partial charge in [0.2, 0.25) is 11.7 Å². The van der Waals surface area contributed by atoms with Gasteiger partial charge in [0.15, 0.2) is 0 Å². The number of nitrogens with one attached hydrogen (secondary N) is 1. The first-order valence-electron chi connectivity index (χ1n) is 6.19. The third-order valence-electron chi connectivity index (χ3n) is 2.81. The van der Waals surface area contributed by atoms with Gasteiger partial charge in [-0.3, -0.25) is 14.9 Å². The van der Waals surface area contributed by atoms with Crippen molar-refractivity contribution < 1.29 is 9.72 Å². The van der Waals surface area contributed by atoms with Gasteiger partial charge >= 0.3 is 5.69 Å². The Hall–Kier alpha value is -2.38. The molecule has 0 fully saturated rings. The highest BCUT2D eigenvalue weighted by Crippen LogP contribution is 2.27. The summed E-state index contributed by atoms with van der Waals surface area (Å²) in [6.07, 6.45) is 0. The average Bonchev–Trinajstić information content (AvgIpc) is 2.43. The Morgan fingerprint density at radius 3 is 2.55 bits per heavy atom. The van der Waals surface area contributed by atoms with Gasteiger partial charge in [-0.05, 0) is 13.0 Å². The standard InChI is InChI=1S/C12H19N5O3/c1-5-16(8-11(18)15(3)4)12-9(17(19)20)6-7-10(13-2)14-12/h6-7H,5,8H2,1-4H3,(H,13,14). The molecule has 110 valence electrons. The lowest BCUT2D eigenvalue weighted by atomic mass is 10.3. The molecule has 0 aliphatic heterocycles. The van der Waals surface area contributed by atoms with Crippen LogP contribution < -0.4 is 10.2 Å². The fourth-order valence-electron chi connectivity index (χ4n) is 1.60. The second-order valence-electron chi connectivity index (χ2n) is 4.35. The molecule has 0 aliphatic rings. The maximum Gasteiger partial charge on any atom is 0.311 e. The van der Waals surface area contributed by atoms with Crippen LogP contribution in [0.15, 0.2) is 12.1 Å². The van der Waals surface area contributed by atoms with Gasteiger partial charge < -0.3 is 15.1 Å². The molecule has 0 bridgehead atoms. The van der Waals surface area contributed by atoms with E-state index in [2.05, 4.69) is 10.3 Å². The Labute approximate surface area is 117 Å². The van der Waals surface area contributed by atoms with Crippen molar-refractivity contribution >= 4 is 23.2 Å². The number of carbonyl (C=O) groups is 1. The molecule has 1 aromatic heterocycles. The van der Waals surface area contributed by atoms with E-state index in [1.165, 1.54) is 17.0 Å². The van der Waals surface area contributed by atoms with Crippen LogP contribution in [0.25, 0.3) is 0 Å². The molecule has 0 saturated carbocycles. The predicted octanol–water partition coefficient (Wildman–Crippen LogP) is 0.946. The minimum atomic E-state index is -0.495. The minimum Gasteiger partial charge on any atom is -0.373 e. The third kappa shape index (κ3) is 3.56. The SMILES string of the molecule is CCN(CC(=O)N(C)C)c1nc(NC)ccc1[N+](=O)[O-]. The third-order valence-corrected chi connectivity index (χ3v) is 2.81. The summed E-state index contributed by atoms with van der Waals surface area (Å²) >= 11 is 0. The second kappa shape index (κ2) is 6.69. The monoisotopic (exact) mass is 281 g/mol. The smallest absolute Gasteiger partial charge is 0.311 e. The summed E-state index contributed by atoms with van der Waals surface area (Å²) in [4.78, 5) is 29.6. The van der Waals surface area contributed by atoms with E-state index in [0.717, 1.165) is 0 Å². The van der Waals surface area contributed by atoms with E-state index in [0.29, 0.717) is 12.4 Å². The molecule has 0 aliphatic carbocycles. The van der Waals surface area contributed by atoms with Crippen LogP contribution in [0.3, 0.4) is 0 Å². The van der Waals surface area contributed by atoms with E-state index in [4.69, 9.17) is 0 Å². The van der Waals surface area contributed by atoms with Crippen LogP contribution in [0.4, 0.5) is 17.3 Å². The van der Waals surface area contributed by atoms with Crippen LogP contribution in [-0.2, 0) is 4.79 Å². The van der Waals surface area contributed by atoms with Crippen molar-refractivity contribution in [3.8, 4) is 0 Å². The number of anilines is 2. The largest absolute Gasteiger partial charge is 0.373 e. The van der Waals surface area contributed by atoms with Gasteiger partial charge in [0.05, 0.1) is 11.5 Å². The average molecular weight is 281 g/mol. The Bertz CT molecular complexity index is 504. The van der Waals surface area contributed by atoms with Gasteiger partial charge in [0, 0.05) is 33.8 Å². The summed E-state index contributed by atoms with van der Waals surface area (Å²) < 4.78 is 0. The van der Waals surface area contributed by atoms with Crippen LogP contribution in [0.1, 0.15) is 6.92 Å². The molecule has 1 heterocycles. The lowest BCUT2D eigenvalue weighted by molar-refractivity contribution is -0.384. The van der Waals surface area contributed by atoms with E-state index in [-0.39, 0.29) is 24.0 Å². The summed E-state index contributed by atoms with van der Waals surface area (Å²) in [6.45, 7) is 2.31. The summed E-state index contributed by atoms with van der Waals surface area (Å²) in [5.41, 5.74) is -0.114. The number of nitro groups is 1. The Morgan fingerprint density at radius 1 is 1.45 bits per heavy atom. The first-order chi connectivity index (χ1) is 9.40. The maximum atomic E-state index is 11.8. The number of rotatable bonds is 6. The number of hydrogen-bond acceptors (Lipinski definition) is 6. The number of likely N-dealkylation sites (N-methyl/N-ethyl adjacent to an activating group) is 2. The van der Waals surface area contributed by atoms with Gasteiger partial charge in [-0.15, -0.1) is 0 Å². The molecule has 0 spiro atoms. The van der Waals surface area contributed by atoms with E-state index in [1.807, 2.05) is 6.92 Å². The first kappa shape index (κ1) is 15.7. The highest BCUT2D eigenvalue weighted by atomic mass is 16.6. The van der Waals surface area contributed by atoms with Gasteiger partial charge in [0.25, 0.3) is 0 Å². The molecule has 0 saturated heterocycles. The Balaban J connectivity index is 3.18. The lowest BCUT2D eigenvalue weighted by Crippen LogP contribution is -2.37. The molecule has 1 aromatic rings. The first-order valence-corrected chi connectivity index (χ1v) is 6.19. The summed E-state index contributed by atoms with van der Waals surface area (Å²) in [5, 5.41) is 13.9. The van der Waals surface area contributed by atoms with Gasteiger partial charge in [-0.25, -0.2) is 4.98 Å². The van der Waals surface area contributed by atoms with Gasteiger partial charge in [0.1, 0.15) is 5.82 Å². The van der Waals surface area contributed by atoms with Crippen LogP contribution in [-0.4, -0.2) is 54.9 Å². The zero-order valence-electron chi connectivity index (χ0n) is 12.1. The molecular formula is C12H19N5O3. The lowest BCUT2D eigenvalue weighted by Gasteiger charge is -2.23. The van der Waals surface area contributed by atoms with E-state index in [9.17, 15) is 14.9 Å². The highest BCUT2D eigenvalue weighted by Gasteiger charge is 2.23. The number of carbonyl (C=O) groups excluding carboxylic acids is 1. The van der Waals surface area contributed by atoms with Crippen molar-refractivity contribution in [3.63, 3.8) is 0 Å². The van der Waals surface area contributed by atoms with Crippen molar-refractivity contribution in [2.75, 3.05) is 44.4 Å². The quantitative estimate of drug-likeness (QED) is 0.616. The van der Waals surface area contributed by atoms with E-state index < -0.39 is 4.92 Å². The number of hydrogen-bond donors (Lipinski definition) is 1. The van der Waals surface area contributed by atoms with E-state index in [1.54, 1.807) is 26.0 Å². The molecule has 0 unspecified atom stereocenters. The van der Waals surface area contributed by atoms with Crippen LogP contribution in [0.5, 0.6) is 0 Å². The fourth-order valence-corrected chi connectivity index (χ4v) is 1.60. The van der Waals surface area contributed by atoms with Crippen molar-refractivity contribution in [2.24, 2.45) is 0 Å².